The number of rotatable bonds is 6. The maximum Gasteiger partial charge on any atom is 0.247 e. The predicted octanol–water partition coefficient (Wildman–Crippen LogP) is 3.50. The van der Waals surface area contributed by atoms with Crippen LogP contribution < -0.4 is 16.2 Å². The first-order valence-corrected chi connectivity index (χ1v) is 16.1. The van der Waals surface area contributed by atoms with Crippen molar-refractivity contribution in [2.75, 3.05) is 13.2 Å². The van der Waals surface area contributed by atoms with Gasteiger partial charge < -0.3 is 20.6 Å². The first-order chi connectivity index (χ1) is 19.6. The first-order valence-electron chi connectivity index (χ1n) is 16.1. The molecular formula is C32H47N5O3. The fourth-order valence-corrected chi connectivity index (χ4v) is 9.09. The predicted molar refractivity (Wildman–Crippen MR) is 155 cm³/mol. The minimum atomic E-state index is -0.169. The van der Waals surface area contributed by atoms with E-state index in [0.717, 1.165) is 56.6 Å². The van der Waals surface area contributed by atoms with Crippen LogP contribution in [-0.2, 0) is 9.53 Å². The van der Waals surface area contributed by atoms with E-state index in [1.165, 1.54) is 57.1 Å². The highest BCUT2D eigenvalue weighted by Crippen LogP contribution is 2.41. The Balaban J connectivity index is 0.977. The van der Waals surface area contributed by atoms with Crippen LogP contribution in [0.1, 0.15) is 83.5 Å². The maximum atomic E-state index is 13.7. The molecular weight excluding hydrogens is 502 g/mol. The number of amides is 1. The number of nitrogens with one attached hydrogen (secondary N) is 3. The molecule has 0 aromatic heterocycles. The topological polar surface area (TPSA) is 98.2 Å². The second-order valence-corrected chi connectivity index (χ2v) is 13.4. The van der Waals surface area contributed by atoms with Gasteiger partial charge in [0, 0.05) is 53.3 Å². The molecule has 40 heavy (non-hydrogen) atoms. The Morgan fingerprint density at radius 2 is 1.82 bits per heavy atom. The van der Waals surface area contributed by atoms with Crippen LogP contribution in [0.15, 0.2) is 40.7 Å². The summed E-state index contributed by atoms with van der Waals surface area (Å²) in [5.41, 5.74) is 10.4. The van der Waals surface area contributed by atoms with E-state index in [-0.39, 0.29) is 18.1 Å². The van der Waals surface area contributed by atoms with Crippen molar-refractivity contribution in [3.05, 3.63) is 35.7 Å². The Morgan fingerprint density at radius 3 is 2.55 bits per heavy atom. The van der Waals surface area contributed by atoms with Crippen molar-refractivity contribution < 1.29 is 14.6 Å². The number of carbonyl (C=O) groups is 1. The van der Waals surface area contributed by atoms with Crippen LogP contribution in [0.4, 0.5) is 0 Å². The Kier molecular flexibility index (Phi) is 7.86. The largest absolute Gasteiger partial charge is 0.393 e. The molecule has 4 N–H and O–H groups in total. The average Bonchev–Trinajstić information content (AvgIpc) is 3.66. The van der Waals surface area contributed by atoms with Crippen LogP contribution in [-0.4, -0.2) is 71.2 Å². The van der Waals surface area contributed by atoms with E-state index in [4.69, 9.17) is 9.73 Å². The second-order valence-electron chi connectivity index (χ2n) is 13.4. The lowest BCUT2D eigenvalue weighted by Crippen LogP contribution is -2.62. The molecule has 3 aliphatic carbocycles. The SMILES string of the molecule is O=C(N[C@@H](C1=NC=CCC1)C1CCCC1)C1=CC=C2NNC(C3CCC(N4C5COCC4CC(O)C5)CC3)C2C1. The molecule has 218 valence electrons. The number of morpholine rings is 1. The zero-order valence-corrected chi connectivity index (χ0v) is 23.8. The molecule has 0 aromatic rings. The molecule has 8 nitrogen and oxygen atoms in total. The summed E-state index contributed by atoms with van der Waals surface area (Å²) in [6.07, 6.45) is 22.2. The number of ether oxygens (including phenoxy) is 1. The molecule has 2 saturated carbocycles. The number of fused-ring (bicyclic) bond motifs is 3. The highest BCUT2D eigenvalue weighted by Gasteiger charge is 2.45. The number of aliphatic imine (C=N–C) groups is 1. The zero-order valence-electron chi connectivity index (χ0n) is 23.8. The van der Waals surface area contributed by atoms with Crippen LogP contribution in [0.2, 0.25) is 0 Å². The standard InChI is InChI=1S/C32H47N5O3/c38-26-16-24-18-40-19-25(17-26)37(24)23-11-8-21(9-12-23)30-27-15-22(10-13-28(27)35-36-30)32(39)34-31(20-5-1-2-6-20)29-7-3-4-14-33-29/h4,10,13-14,20-21,23-27,30-31,35-36,38H,1-3,5-9,11-12,15-19H2,(H,34,39)/t21?,23?,24?,25?,26?,27?,30?,31-/m1/s1. The van der Waals surface area contributed by atoms with Gasteiger partial charge in [0.1, 0.15) is 0 Å². The molecule has 5 atom stereocenters. The quantitative estimate of drug-likeness (QED) is 0.405. The molecule has 0 radical (unpaired) electrons. The van der Waals surface area contributed by atoms with Gasteiger partial charge in [-0.3, -0.25) is 14.7 Å². The molecule has 5 fully saturated rings. The summed E-state index contributed by atoms with van der Waals surface area (Å²) in [6.45, 7) is 1.53. The summed E-state index contributed by atoms with van der Waals surface area (Å²) in [6, 6.07) is 1.77. The van der Waals surface area contributed by atoms with Gasteiger partial charge in [-0.05, 0) is 88.5 Å². The number of hydrogen-bond acceptors (Lipinski definition) is 7. The molecule has 2 bridgehead atoms. The fourth-order valence-electron chi connectivity index (χ4n) is 9.09. The molecule has 4 aliphatic heterocycles. The second kappa shape index (κ2) is 11.7. The number of hydrazine groups is 1. The van der Waals surface area contributed by atoms with E-state index in [1.54, 1.807) is 0 Å². The van der Waals surface area contributed by atoms with Crippen molar-refractivity contribution in [3.63, 3.8) is 0 Å². The van der Waals surface area contributed by atoms with Gasteiger partial charge in [0.05, 0.1) is 25.4 Å². The van der Waals surface area contributed by atoms with Gasteiger partial charge in [-0.25, -0.2) is 5.43 Å². The van der Waals surface area contributed by atoms with E-state index < -0.39 is 0 Å². The van der Waals surface area contributed by atoms with E-state index in [1.807, 2.05) is 12.3 Å². The number of allylic oxidation sites excluding steroid dienone is 3. The summed E-state index contributed by atoms with van der Waals surface area (Å²) in [5.74, 6) is 1.53. The molecule has 0 spiro atoms. The van der Waals surface area contributed by atoms with Crippen LogP contribution in [0.5, 0.6) is 0 Å². The zero-order chi connectivity index (χ0) is 27.1. The van der Waals surface area contributed by atoms with Crippen molar-refractivity contribution in [3.8, 4) is 0 Å². The van der Waals surface area contributed by atoms with Gasteiger partial charge in [-0.2, -0.15) is 0 Å². The molecule has 0 aromatic carbocycles. The lowest BCUT2D eigenvalue weighted by atomic mass is 9.73. The summed E-state index contributed by atoms with van der Waals surface area (Å²) in [7, 11) is 0. The van der Waals surface area contributed by atoms with E-state index in [0.29, 0.717) is 41.9 Å². The molecule has 7 aliphatic rings. The van der Waals surface area contributed by atoms with E-state index in [2.05, 4.69) is 33.2 Å². The Hall–Kier alpha value is -2.00. The van der Waals surface area contributed by atoms with Gasteiger partial charge in [0.2, 0.25) is 5.91 Å². The number of hydrogen-bond donors (Lipinski definition) is 4. The van der Waals surface area contributed by atoms with Gasteiger partial charge in [-0.1, -0.05) is 25.0 Å². The van der Waals surface area contributed by atoms with Gasteiger partial charge in [-0.15, -0.1) is 0 Å². The maximum absolute atomic E-state index is 13.7. The Bertz CT molecular complexity index is 1060. The normalized spacial score (nSPS) is 39.0. The van der Waals surface area contributed by atoms with Crippen molar-refractivity contribution in [2.24, 2.45) is 22.7 Å². The molecule has 3 saturated heterocycles. The highest BCUT2D eigenvalue weighted by molar-refractivity contribution is 6.00. The van der Waals surface area contributed by atoms with Crippen molar-refractivity contribution in [2.45, 2.75) is 120 Å². The summed E-state index contributed by atoms with van der Waals surface area (Å²) >= 11 is 0. The smallest absolute Gasteiger partial charge is 0.247 e. The van der Waals surface area contributed by atoms with Crippen molar-refractivity contribution in [1.82, 2.24) is 21.1 Å². The summed E-state index contributed by atoms with van der Waals surface area (Å²) < 4.78 is 5.86. The van der Waals surface area contributed by atoms with Crippen LogP contribution in [0.3, 0.4) is 0 Å². The lowest BCUT2D eigenvalue weighted by Gasteiger charge is -2.52. The number of aliphatic hydroxyl groups is 1. The van der Waals surface area contributed by atoms with Gasteiger partial charge in [0.25, 0.3) is 0 Å². The Labute approximate surface area is 238 Å². The number of nitrogens with zero attached hydrogens (tertiary/aromatic N) is 2. The van der Waals surface area contributed by atoms with Crippen LogP contribution in [0.25, 0.3) is 0 Å². The molecule has 8 heteroatoms. The monoisotopic (exact) mass is 549 g/mol. The minimum absolute atomic E-state index is 0.0675. The van der Waals surface area contributed by atoms with E-state index in [9.17, 15) is 9.90 Å². The Morgan fingerprint density at radius 1 is 1.05 bits per heavy atom. The summed E-state index contributed by atoms with van der Waals surface area (Å²) in [4.78, 5) is 21.1. The third kappa shape index (κ3) is 5.33. The number of carbonyl (C=O) groups excluding carboxylic acids is 1. The summed E-state index contributed by atoms with van der Waals surface area (Å²) in [5, 5.41) is 13.8. The number of aliphatic hydroxyl groups excluding tert-OH is 1. The minimum Gasteiger partial charge on any atom is -0.393 e. The lowest BCUT2D eigenvalue weighted by molar-refractivity contribution is -0.128. The fraction of sp³-hybridized carbons (Fsp3) is 0.750. The molecule has 4 heterocycles. The molecule has 7 rings (SSSR count). The van der Waals surface area contributed by atoms with E-state index >= 15 is 0 Å². The molecule has 4 unspecified atom stereocenters. The van der Waals surface area contributed by atoms with Crippen LogP contribution >= 0.6 is 0 Å². The molecule has 1 amide bonds. The third-order valence-corrected chi connectivity index (χ3v) is 11.1. The average molecular weight is 550 g/mol. The number of piperidine rings is 1. The van der Waals surface area contributed by atoms with Crippen LogP contribution in [0, 0.1) is 17.8 Å². The third-order valence-electron chi connectivity index (χ3n) is 11.1. The first kappa shape index (κ1) is 26.9. The van der Waals surface area contributed by atoms with Gasteiger partial charge in [0.15, 0.2) is 0 Å². The van der Waals surface area contributed by atoms with Crippen molar-refractivity contribution >= 4 is 11.6 Å². The van der Waals surface area contributed by atoms with Gasteiger partial charge >= 0.3 is 0 Å². The highest BCUT2D eigenvalue weighted by atomic mass is 16.5. The van der Waals surface area contributed by atoms with Crippen molar-refractivity contribution in [1.29, 1.82) is 0 Å².